The van der Waals surface area contributed by atoms with Crippen LogP contribution in [0.5, 0.6) is 0 Å². The zero-order valence-electron chi connectivity index (χ0n) is 11.4. The van der Waals surface area contributed by atoms with Gasteiger partial charge in [-0.3, -0.25) is 0 Å². The molecule has 3 nitrogen and oxygen atoms in total. The third-order valence-electron chi connectivity index (χ3n) is 3.40. The highest BCUT2D eigenvalue weighted by Crippen LogP contribution is 2.43. The fraction of sp³-hybridized carbons (Fsp3) is 0.769. The van der Waals surface area contributed by atoms with Crippen LogP contribution < -0.4 is 5.32 Å². The van der Waals surface area contributed by atoms with Gasteiger partial charge in [-0.25, -0.2) is 4.98 Å². The van der Waals surface area contributed by atoms with Crippen LogP contribution in [0, 0.1) is 0 Å². The third-order valence-corrected chi connectivity index (χ3v) is 4.48. The first kappa shape index (κ1) is 15.7. The van der Waals surface area contributed by atoms with E-state index in [-0.39, 0.29) is 12.1 Å². The topological polar surface area (TPSA) is 34.1 Å². The Morgan fingerprint density at radius 1 is 1.40 bits per heavy atom. The second kappa shape index (κ2) is 6.41. The molecule has 1 N–H and O–H groups in total. The second-order valence-electron chi connectivity index (χ2n) is 5.00. The molecule has 0 unspecified atom stereocenters. The molecule has 0 atom stereocenters. The molecule has 0 amide bonds. The number of halogens is 3. The van der Waals surface area contributed by atoms with Gasteiger partial charge >= 0.3 is 6.18 Å². The first-order valence-corrected chi connectivity index (χ1v) is 7.69. The van der Waals surface area contributed by atoms with Crippen LogP contribution in [-0.2, 0) is 16.9 Å². The number of aromatic nitrogens is 1. The van der Waals surface area contributed by atoms with Crippen molar-refractivity contribution >= 4 is 11.3 Å². The first-order chi connectivity index (χ1) is 9.45. The van der Waals surface area contributed by atoms with Crippen molar-refractivity contribution in [2.45, 2.75) is 50.9 Å². The number of nitrogens with zero attached hydrogens (tertiary/aromatic N) is 1. The van der Waals surface area contributed by atoms with E-state index in [0.29, 0.717) is 12.3 Å². The average Bonchev–Trinajstić information content (AvgIpc) is 2.97. The van der Waals surface area contributed by atoms with Crippen LogP contribution >= 0.6 is 11.3 Å². The molecule has 1 aliphatic rings. The van der Waals surface area contributed by atoms with Crippen LogP contribution in [0.3, 0.4) is 0 Å². The lowest BCUT2D eigenvalue weighted by Gasteiger charge is -2.26. The Morgan fingerprint density at radius 3 is 2.70 bits per heavy atom. The minimum Gasteiger partial charge on any atom is -0.368 e. The average molecular weight is 308 g/mol. The number of hydrogen-bond acceptors (Lipinski definition) is 4. The maximum atomic E-state index is 12.1. The molecule has 0 bridgehead atoms. The van der Waals surface area contributed by atoms with Gasteiger partial charge in [-0.05, 0) is 19.8 Å². The molecule has 1 aromatic heterocycles. The zero-order valence-corrected chi connectivity index (χ0v) is 12.2. The van der Waals surface area contributed by atoms with Gasteiger partial charge in [0.25, 0.3) is 0 Å². The lowest BCUT2D eigenvalue weighted by Crippen LogP contribution is -2.29. The van der Waals surface area contributed by atoms with E-state index in [1.165, 1.54) is 11.3 Å². The molecular weight excluding hydrogens is 289 g/mol. The number of ether oxygens (including phenoxy) is 1. The Labute approximate surface area is 120 Å². The van der Waals surface area contributed by atoms with E-state index in [1.807, 2.05) is 12.3 Å². The maximum Gasteiger partial charge on any atom is 0.401 e. The smallest absolute Gasteiger partial charge is 0.368 e. The van der Waals surface area contributed by atoms with E-state index in [1.54, 1.807) is 0 Å². The summed E-state index contributed by atoms with van der Waals surface area (Å²) < 4.78 is 42.1. The van der Waals surface area contributed by atoms with E-state index < -0.39 is 12.7 Å². The summed E-state index contributed by atoms with van der Waals surface area (Å²) in [5.41, 5.74) is 0.349. The van der Waals surface area contributed by atoms with E-state index in [9.17, 15) is 13.2 Å². The molecule has 1 saturated carbocycles. The fourth-order valence-corrected chi connectivity index (χ4v) is 3.60. The number of thiazole rings is 1. The summed E-state index contributed by atoms with van der Waals surface area (Å²) in [5, 5.41) is 5.09. The van der Waals surface area contributed by atoms with Crippen LogP contribution in [0.2, 0.25) is 0 Å². The number of rotatable bonds is 6. The van der Waals surface area contributed by atoms with Gasteiger partial charge in [-0.2, -0.15) is 13.2 Å². The Morgan fingerprint density at radius 2 is 2.10 bits per heavy atom. The standard InChI is InChI=1S/C13H19F3N2OS/c1-2-19-12(5-3-4-6-12)11-18-10(8-20-11)7-17-9-13(14,15)16/h8,17H,2-7,9H2,1H3. The fourth-order valence-electron chi connectivity index (χ4n) is 2.57. The summed E-state index contributed by atoms with van der Waals surface area (Å²) >= 11 is 1.49. The Hall–Kier alpha value is -0.660. The van der Waals surface area contributed by atoms with Crippen LogP contribution in [0.25, 0.3) is 0 Å². The highest BCUT2D eigenvalue weighted by Gasteiger charge is 2.39. The number of alkyl halides is 3. The highest BCUT2D eigenvalue weighted by molar-refractivity contribution is 7.09. The highest BCUT2D eigenvalue weighted by atomic mass is 32.1. The molecule has 1 aliphatic carbocycles. The molecule has 7 heteroatoms. The van der Waals surface area contributed by atoms with E-state index in [0.717, 1.165) is 30.7 Å². The molecule has 0 aromatic carbocycles. The largest absolute Gasteiger partial charge is 0.401 e. The van der Waals surface area contributed by atoms with Crippen molar-refractivity contribution in [2.75, 3.05) is 13.2 Å². The van der Waals surface area contributed by atoms with E-state index >= 15 is 0 Å². The molecule has 1 fully saturated rings. The van der Waals surface area contributed by atoms with Crippen molar-refractivity contribution in [2.24, 2.45) is 0 Å². The summed E-state index contributed by atoms with van der Waals surface area (Å²) in [5.74, 6) is 0. The van der Waals surface area contributed by atoms with Crippen LogP contribution in [0.15, 0.2) is 5.38 Å². The quantitative estimate of drug-likeness (QED) is 0.872. The maximum absolute atomic E-state index is 12.1. The van der Waals surface area contributed by atoms with Gasteiger partial charge < -0.3 is 10.1 Å². The molecule has 0 saturated heterocycles. The van der Waals surface area contributed by atoms with Gasteiger partial charge in [0.2, 0.25) is 0 Å². The van der Waals surface area contributed by atoms with Gasteiger partial charge in [0, 0.05) is 18.5 Å². The molecule has 20 heavy (non-hydrogen) atoms. The SMILES string of the molecule is CCOC1(c2nc(CNCC(F)(F)F)cs2)CCCC1. The predicted octanol–water partition coefficient (Wildman–Crippen LogP) is 3.60. The number of hydrogen-bond donors (Lipinski definition) is 1. The molecule has 0 radical (unpaired) electrons. The van der Waals surface area contributed by atoms with Crippen molar-refractivity contribution in [3.8, 4) is 0 Å². The van der Waals surface area contributed by atoms with Gasteiger partial charge in [-0.1, -0.05) is 12.8 Å². The normalized spacial score (nSPS) is 18.6. The lowest BCUT2D eigenvalue weighted by molar-refractivity contribution is -0.125. The van der Waals surface area contributed by atoms with Crippen LogP contribution in [-0.4, -0.2) is 24.3 Å². The first-order valence-electron chi connectivity index (χ1n) is 6.81. The van der Waals surface area contributed by atoms with Crippen LogP contribution in [0.4, 0.5) is 13.2 Å². The van der Waals surface area contributed by atoms with E-state index in [4.69, 9.17) is 4.74 Å². The van der Waals surface area contributed by atoms with Gasteiger partial charge in [0.1, 0.15) is 10.6 Å². The minimum atomic E-state index is -4.18. The lowest BCUT2D eigenvalue weighted by atomic mass is 10.0. The van der Waals surface area contributed by atoms with Crippen molar-refractivity contribution < 1.29 is 17.9 Å². The second-order valence-corrected chi connectivity index (χ2v) is 5.86. The molecular formula is C13H19F3N2OS. The van der Waals surface area contributed by atoms with Crippen molar-refractivity contribution in [1.82, 2.24) is 10.3 Å². The van der Waals surface area contributed by atoms with Crippen LogP contribution in [0.1, 0.15) is 43.3 Å². The molecule has 114 valence electrons. The molecule has 0 aliphatic heterocycles. The predicted molar refractivity (Wildman–Crippen MR) is 71.6 cm³/mol. The third kappa shape index (κ3) is 3.93. The Kier molecular flexibility index (Phi) is 5.04. The molecule has 1 heterocycles. The number of nitrogens with one attached hydrogen (secondary N) is 1. The van der Waals surface area contributed by atoms with Gasteiger partial charge in [0.05, 0.1) is 12.2 Å². The summed E-state index contributed by atoms with van der Waals surface area (Å²) in [6.45, 7) is 1.73. The Bertz CT molecular complexity index is 427. The van der Waals surface area contributed by atoms with Gasteiger partial charge in [0.15, 0.2) is 0 Å². The molecule has 2 rings (SSSR count). The summed E-state index contributed by atoms with van der Waals surface area (Å²) in [6.07, 6.45) is -0.0626. The van der Waals surface area contributed by atoms with E-state index in [2.05, 4.69) is 10.3 Å². The summed E-state index contributed by atoms with van der Waals surface area (Å²) in [7, 11) is 0. The molecule has 0 spiro atoms. The summed E-state index contributed by atoms with van der Waals surface area (Å²) in [4.78, 5) is 4.47. The Balaban J connectivity index is 1.97. The minimum absolute atomic E-state index is 0.137. The van der Waals surface area contributed by atoms with Crippen molar-refractivity contribution in [1.29, 1.82) is 0 Å². The monoisotopic (exact) mass is 308 g/mol. The van der Waals surface area contributed by atoms with Crippen molar-refractivity contribution in [3.05, 3.63) is 16.1 Å². The van der Waals surface area contributed by atoms with Crippen molar-refractivity contribution in [3.63, 3.8) is 0 Å². The summed E-state index contributed by atoms with van der Waals surface area (Å²) in [6, 6.07) is 0. The molecule has 1 aromatic rings. The zero-order chi connectivity index (χ0) is 14.6. The van der Waals surface area contributed by atoms with Gasteiger partial charge in [-0.15, -0.1) is 11.3 Å².